The van der Waals surface area contributed by atoms with Gasteiger partial charge in [-0.25, -0.2) is 0 Å². The van der Waals surface area contributed by atoms with Crippen LogP contribution in [0.25, 0.3) is 0 Å². The first kappa shape index (κ1) is 16.3. The SMILES string of the molecule is O=C([O-])C1=C(C(=O)[O-])CCCC1.[Li+].[Li+]. The van der Waals surface area contributed by atoms with E-state index in [0.717, 1.165) is 0 Å². The van der Waals surface area contributed by atoms with Crippen molar-refractivity contribution in [3.63, 3.8) is 0 Å². The van der Waals surface area contributed by atoms with E-state index >= 15 is 0 Å². The quantitative estimate of drug-likeness (QED) is 0.397. The number of hydrogen-bond acceptors (Lipinski definition) is 4. The molecule has 0 amide bonds. The first-order chi connectivity index (χ1) is 5.63. The maximum Gasteiger partial charge on any atom is 1.00 e. The summed E-state index contributed by atoms with van der Waals surface area (Å²) in [5, 5.41) is 20.8. The van der Waals surface area contributed by atoms with E-state index in [1.54, 1.807) is 0 Å². The van der Waals surface area contributed by atoms with Crippen LogP contribution in [0.4, 0.5) is 0 Å². The molecule has 0 radical (unpaired) electrons. The first-order valence-corrected chi connectivity index (χ1v) is 3.77. The zero-order chi connectivity index (χ0) is 9.14. The maximum absolute atomic E-state index is 10.4. The number of rotatable bonds is 2. The number of carbonyl (C=O) groups excluding carboxylic acids is 2. The largest absolute Gasteiger partial charge is 1.00 e. The van der Waals surface area contributed by atoms with Crippen LogP contribution in [0.15, 0.2) is 11.1 Å². The molecule has 0 saturated carbocycles. The zero-order valence-corrected chi connectivity index (χ0v) is 8.46. The summed E-state index contributed by atoms with van der Waals surface area (Å²) in [6, 6.07) is 0. The molecule has 6 heteroatoms. The van der Waals surface area contributed by atoms with Crippen molar-refractivity contribution in [3.05, 3.63) is 11.1 Å². The van der Waals surface area contributed by atoms with Gasteiger partial charge in [-0.15, -0.1) is 0 Å². The Kier molecular flexibility index (Phi) is 8.39. The van der Waals surface area contributed by atoms with Gasteiger partial charge in [-0.3, -0.25) is 0 Å². The van der Waals surface area contributed by atoms with E-state index < -0.39 is 11.9 Å². The fourth-order valence-corrected chi connectivity index (χ4v) is 1.36. The van der Waals surface area contributed by atoms with Crippen molar-refractivity contribution < 1.29 is 57.5 Å². The third-order valence-electron chi connectivity index (χ3n) is 1.96. The molecule has 0 unspecified atom stereocenters. The van der Waals surface area contributed by atoms with Crippen molar-refractivity contribution in [2.24, 2.45) is 0 Å². The molecule has 1 aliphatic carbocycles. The van der Waals surface area contributed by atoms with Crippen LogP contribution >= 0.6 is 0 Å². The molecule has 1 aliphatic rings. The molecule has 0 heterocycles. The minimum Gasteiger partial charge on any atom is -0.545 e. The minimum absolute atomic E-state index is 0. The van der Waals surface area contributed by atoms with Gasteiger partial charge in [-0.2, -0.15) is 0 Å². The third-order valence-corrected chi connectivity index (χ3v) is 1.96. The normalized spacial score (nSPS) is 15.1. The van der Waals surface area contributed by atoms with Crippen molar-refractivity contribution in [1.29, 1.82) is 0 Å². The summed E-state index contributed by atoms with van der Waals surface area (Å²) in [4.78, 5) is 20.8. The van der Waals surface area contributed by atoms with Crippen molar-refractivity contribution >= 4 is 11.9 Å². The molecule has 1 rings (SSSR count). The molecule has 0 aliphatic heterocycles. The van der Waals surface area contributed by atoms with Crippen LogP contribution in [-0.2, 0) is 9.59 Å². The van der Waals surface area contributed by atoms with E-state index in [9.17, 15) is 19.8 Å². The Morgan fingerprint density at radius 2 is 1.14 bits per heavy atom. The molecule has 0 fully saturated rings. The van der Waals surface area contributed by atoms with Crippen LogP contribution in [0, 0.1) is 0 Å². The molecule has 0 saturated heterocycles. The number of hydrogen-bond donors (Lipinski definition) is 0. The molecule has 66 valence electrons. The fourth-order valence-electron chi connectivity index (χ4n) is 1.36. The van der Waals surface area contributed by atoms with Crippen LogP contribution in [-0.4, -0.2) is 11.9 Å². The van der Waals surface area contributed by atoms with E-state index in [4.69, 9.17) is 0 Å². The van der Waals surface area contributed by atoms with Crippen molar-refractivity contribution in [2.75, 3.05) is 0 Å². The molecule has 0 aromatic carbocycles. The Bertz CT molecular complexity index is 234. The van der Waals surface area contributed by atoms with Crippen LogP contribution in [0.5, 0.6) is 0 Å². The van der Waals surface area contributed by atoms with E-state index in [2.05, 4.69) is 0 Å². The van der Waals surface area contributed by atoms with Crippen LogP contribution in [0.1, 0.15) is 25.7 Å². The Labute approximate surface area is 106 Å². The van der Waals surface area contributed by atoms with Gasteiger partial charge in [0, 0.05) is 0 Å². The number of carboxylic acid groups (broad SMARTS) is 2. The summed E-state index contributed by atoms with van der Waals surface area (Å²) in [7, 11) is 0. The molecule has 0 aromatic heterocycles. The van der Waals surface area contributed by atoms with Gasteiger partial charge in [0.05, 0.1) is 11.9 Å². The summed E-state index contributed by atoms with van der Waals surface area (Å²) < 4.78 is 0. The van der Waals surface area contributed by atoms with E-state index in [1.165, 1.54) is 0 Å². The predicted octanol–water partition coefficient (Wildman–Crippen LogP) is -7.64. The Hall–Kier alpha value is -0.125. The second-order valence-corrected chi connectivity index (χ2v) is 2.74. The number of carboxylic acids is 2. The van der Waals surface area contributed by atoms with Gasteiger partial charge < -0.3 is 19.8 Å². The molecule has 0 aromatic rings. The maximum atomic E-state index is 10.4. The van der Waals surface area contributed by atoms with Crippen LogP contribution in [0.2, 0.25) is 0 Å². The monoisotopic (exact) mass is 182 g/mol. The van der Waals surface area contributed by atoms with Crippen molar-refractivity contribution in [2.45, 2.75) is 25.7 Å². The van der Waals surface area contributed by atoms with Gasteiger partial charge in [0.2, 0.25) is 0 Å². The molecule has 14 heavy (non-hydrogen) atoms. The van der Waals surface area contributed by atoms with Gasteiger partial charge in [0.1, 0.15) is 0 Å². The third kappa shape index (κ3) is 3.94. The van der Waals surface area contributed by atoms with Gasteiger partial charge >= 0.3 is 37.7 Å². The summed E-state index contributed by atoms with van der Waals surface area (Å²) in [6.45, 7) is 0. The topological polar surface area (TPSA) is 80.3 Å². The summed E-state index contributed by atoms with van der Waals surface area (Å²) in [5.74, 6) is -2.76. The standard InChI is InChI=1S/C8H10O4.2Li/c9-7(10)5-3-1-2-4-6(5)8(11)12;;/h1-4H2,(H,9,10)(H,11,12);;/q;2*+1/p-2. The van der Waals surface area contributed by atoms with Crippen LogP contribution < -0.4 is 47.9 Å². The van der Waals surface area contributed by atoms with Gasteiger partial charge in [-0.1, -0.05) is 0 Å². The second-order valence-electron chi connectivity index (χ2n) is 2.74. The van der Waals surface area contributed by atoms with Crippen molar-refractivity contribution in [3.8, 4) is 0 Å². The van der Waals surface area contributed by atoms with Gasteiger partial charge in [0.25, 0.3) is 0 Å². The fraction of sp³-hybridized carbons (Fsp3) is 0.500. The Morgan fingerprint density at radius 1 is 0.857 bits per heavy atom. The second kappa shape index (κ2) is 7.20. The predicted molar refractivity (Wildman–Crippen MR) is 35.5 cm³/mol. The van der Waals surface area contributed by atoms with Gasteiger partial charge in [0.15, 0.2) is 0 Å². The molecular formula is C8H8Li2O4. The van der Waals surface area contributed by atoms with E-state index in [-0.39, 0.29) is 61.7 Å². The first-order valence-electron chi connectivity index (χ1n) is 3.77. The van der Waals surface area contributed by atoms with E-state index in [1.807, 2.05) is 0 Å². The van der Waals surface area contributed by atoms with Crippen molar-refractivity contribution in [1.82, 2.24) is 0 Å². The number of carbonyl (C=O) groups is 2. The van der Waals surface area contributed by atoms with E-state index in [0.29, 0.717) is 12.8 Å². The molecule has 4 nitrogen and oxygen atoms in total. The number of aliphatic carboxylic acids is 2. The molecule has 0 spiro atoms. The smallest absolute Gasteiger partial charge is 0.545 e. The summed E-state index contributed by atoms with van der Waals surface area (Å²) in [5.41, 5.74) is -0.192. The average molecular weight is 182 g/mol. The molecule has 0 N–H and O–H groups in total. The Balaban J connectivity index is 0. The van der Waals surface area contributed by atoms with Gasteiger partial charge in [-0.05, 0) is 36.8 Å². The van der Waals surface area contributed by atoms with Crippen LogP contribution in [0.3, 0.4) is 0 Å². The minimum atomic E-state index is -1.38. The summed E-state index contributed by atoms with van der Waals surface area (Å²) >= 11 is 0. The molecule has 0 bridgehead atoms. The zero-order valence-electron chi connectivity index (χ0n) is 8.46. The Morgan fingerprint density at radius 3 is 1.36 bits per heavy atom. The average Bonchev–Trinajstić information content (AvgIpc) is 2.04. The molecule has 0 atom stereocenters. The molecular weight excluding hydrogens is 174 g/mol. The summed E-state index contributed by atoms with van der Waals surface area (Å²) in [6.07, 6.45) is 1.98.